The van der Waals surface area contributed by atoms with Crippen molar-refractivity contribution in [3.63, 3.8) is 0 Å². The van der Waals surface area contributed by atoms with Crippen molar-refractivity contribution in [3.8, 4) is 0 Å². The average Bonchev–Trinajstić information content (AvgIpc) is 2.61. The third-order valence-corrected chi connectivity index (χ3v) is 3.50. The lowest BCUT2D eigenvalue weighted by atomic mass is 10.2. The molecule has 0 saturated heterocycles. The molecular weight excluding hydrogens is 427 g/mol. The van der Waals surface area contributed by atoms with Gasteiger partial charge in [-0.15, -0.1) is 24.0 Å². The van der Waals surface area contributed by atoms with Crippen LogP contribution in [0.3, 0.4) is 0 Å². The number of aryl methyl sites for hydroxylation is 1. The Morgan fingerprint density at radius 3 is 2.64 bits per heavy atom. The Bertz CT molecular complexity index is 634. The van der Waals surface area contributed by atoms with E-state index in [1.807, 2.05) is 24.3 Å². The van der Waals surface area contributed by atoms with E-state index in [1.54, 1.807) is 6.20 Å². The van der Waals surface area contributed by atoms with E-state index in [2.05, 4.69) is 52.7 Å². The molecule has 6 heteroatoms. The number of ether oxygens (including phenoxy) is 1. The Labute approximate surface area is 167 Å². The van der Waals surface area contributed by atoms with E-state index in [9.17, 15) is 0 Å². The second kappa shape index (κ2) is 12.7. The number of nitrogens with one attached hydrogen (secondary N) is 2. The smallest absolute Gasteiger partial charge is 0.191 e. The summed E-state index contributed by atoms with van der Waals surface area (Å²) in [5.41, 5.74) is 3.34. The van der Waals surface area contributed by atoms with Crippen LogP contribution in [0.15, 0.2) is 53.7 Å². The summed E-state index contributed by atoms with van der Waals surface area (Å²) < 4.78 is 5.67. The minimum absolute atomic E-state index is 0. The van der Waals surface area contributed by atoms with Gasteiger partial charge in [-0.2, -0.15) is 0 Å². The molecule has 0 spiro atoms. The molecule has 1 aromatic carbocycles. The summed E-state index contributed by atoms with van der Waals surface area (Å²) in [6, 6.07) is 14.2. The number of aromatic nitrogens is 1. The lowest BCUT2D eigenvalue weighted by molar-refractivity contribution is 0.125. The van der Waals surface area contributed by atoms with Gasteiger partial charge in [-0.05, 0) is 31.0 Å². The summed E-state index contributed by atoms with van der Waals surface area (Å²) in [4.78, 5) is 8.94. The number of halogens is 1. The molecule has 0 saturated carbocycles. The molecule has 5 nitrogen and oxygen atoms in total. The maximum atomic E-state index is 5.67. The largest absolute Gasteiger partial charge is 0.375 e. The highest BCUT2D eigenvalue weighted by Gasteiger charge is 2.00. The van der Waals surface area contributed by atoms with Gasteiger partial charge in [0.25, 0.3) is 0 Å². The van der Waals surface area contributed by atoms with Gasteiger partial charge < -0.3 is 15.4 Å². The summed E-state index contributed by atoms with van der Waals surface area (Å²) in [5, 5.41) is 6.52. The number of aliphatic imine (C=N–C) groups is 1. The molecule has 25 heavy (non-hydrogen) atoms. The van der Waals surface area contributed by atoms with Crippen LogP contribution in [0, 0.1) is 6.92 Å². The molecule has 0 aliphatic carbocycles. The van der Waals surface area contributed by atoms with Crippen LogP contribution in [-0.4, -0.2) is 30.6 Å². The first-order valence-electron chi connectivity index (χ1n) is 8.34. The summed E-state index contributed by atoms with van der Waals surface area (Å²) >= 11 is 0. The predicted octanol–water partition coefficient (Wildman–Crippen LogP) is 3.28. The van der Waals surface area contributed by atoms with Gasteiger partial charge in [0.1, 0.15) is 0 Å². The number of guanidine groups is 1. The topological polar surface area (TPSA) is 58.5 Å². The van der Waals surface area contributed by atoms with E-state index in [-0.39, 0.29) is 24.0 Å². The molecule has 0 unspecified atom stereocenters. The monoisotopic (exact) mass is 454 g/mol. The predicted molar refractivity (Wildman–Crippen MR) is 113 cm³/mol. The van der Waals surface area contributed by atoms with Crippen LogP contribution < -0.4 is 10.6 Å². The van der Waals surface area contributed by atoms with Crippen LogP contribution in [-0.2, 0) is 17.9 Å². The number of benzene rings is 1. The van der Waals surface area contributed by atoms with Crippen molar-refractivity contribution in [2.45, 2.75) is 27.0 Å². The summed E-state index contributed by atoms with van der Waals surface area (Å²) in [5.74, 6) is 0.783. The van der Waals surface area contributed by atoms with Crippen molar-refractivity contribution >= 4 is 29.9 Å². The van der Waals surface area contributed by atoms with Gasteiger partial charge >= 0.3 is 0 Å². The van der Waals surface area contributed by atoms with Gasteiger partial charge in [-0.25, -0.2) is 4.99 Å². The van der Waals surface area contributed by atoms with E-state index >= 15 is 0 Å². The maximum absolute atomic E-state index is 5.67. The molecule has 0 aliphatic heterocycles. The van der Waals surface area contributed by atoms with Gasteiger partial charge in [-0.3, -0.25) is 4.98 Å². The molecule has 2 rings (SSSR count). The van der Waals surface area contributed by atoms with E-state index in [4.69, 9.17) is 4.74 Å². The van der Waals surface area contributed by atoms with Crippen molar-refractivity contribution in [2.75, 3.05) is 19.7 Å². The number of hydrogen-bond acceptors (Lipinski definition) is 3. The Hall–Kier alpha value is -1.67. The van der Waals surface area contributed by atoms with Crippen LogP contribution in [0.25, 0.3) is 0 Å². The lowest BCUT2D eigenvalue weighted by Crippen LogP contribution is -2.39. The second-order valence-electron chi connectivity index (χ2n) is 5.43. The van der Waals surface area contributed by atoms with Crippen LogP contribution in [0.4, 0.5) is 0 Å². The van der Waals surface area contributed by atoms with Gasteiger partial charge in [0.05, 0.1) is 25.5 Å². The minimum Gasteiger partial charge on any atom is -0.375 e. The zero-order valence-electron chi connectivity index (χ0n) is 14.9. The highest BCUT2D eigenvalue weighted by Crippen LogP contribution is 2.04. The van der Waals surface area contributed by atoms with Gasteiger partial charge in [0.2, 0.25) is 0 Å². The molecule has 0 fully saturated rings. The lowest BCUT2D eigenvalue weighted by Gasteiger charge is -2.12. The molecule has 1 heterocycles. The molecule has 136 valence electrons. The van der Waals surface area contributed by atoms with Crippen molar-refractivity contribution in [2.24, 2.45) is 4.99 Å². The first kappa shape index (κ1) is 21.4. The fourth-order valence-electron chi connectivity index (χ4n) is 2.19. The van der Waals surface area contributed by atoms with Crippen LogP contribution in [0.1, 0.15) is 23.7 Å². The number of pyridine rings is 1. The Morgan fingerprint density at radius 1 is 1.12 bits per heavy atom. The van der Waals surface area contributed by atoms with Crippen LogP contribution >= 0.6 is 24.0 Å². The molecule has 2 N–H and O–H groups in total. The Balaban J connectivity index is 0.00000312. The van der Waals surface area contributed by atoms with Crippen molar-refractivity contribution in [1.29, 1.82) is 0 Å². The Kier molecular flexibility index (Phi) is 10.8. The second-order valence-corrected chi connectivity index (χ2v) is 5.43. The molecule has 0 radical (unpaired) electrons. The molecule has 2 aromatic rings. The van der Waals surface area contributed by atoms with Crippen molar-refractivity contribution < 1.29 is 4.74 Å². The molecule has 1 aromatic heterocycles. The summed E-state index contributed by atoms with van der Waals surface area (Å²) in [7, 11) is 0. The molecule has 0 amide bonds. The van der Waals surface area contributed by atoms with Crippen LogP contribution in [0.2, 0.25) is 0 Å². The SMILES string of the molecule is CCNC(=NCc1ncccc1C)NCCOCc1ccccc1.I. The highest BCUT2D eigenvalue weighted by atomic mass is 127. The minimum atomic E-state index is 0. The number of rotatable bonds is 8. The summed E-state index contributed by atoms with van der Waals surface area (Å²) in [6.07, 6.45) is 1.80. The average molecular weight is 454 g/mol. The maximum Gasteiger partial charge on any atom is 0.191 e. The zero-order valence-corrected chi connectivity index (χ0v) is 17.2. The zero-order chi connectivity index (χ0) is 17.0. The third kappa shape index (κ3) is 8.31. The van der Waals surface area contributed by atoms with E-state index in [1.165, 1.54) is 5.56 Å². The van der Waals surface area contributed by atoms with Crippen molar-refractivity contribution in [3.05, 3.63) is 65.5 Å². The van der Waals surface area contributed by atoms with Gasteiger partial charge in [0, 0.05) is 19.3 Å². The van der Waals surface area contributed by atoms with Gasteiger partial charge in [0.15, 0.2) is 5.96 Å². The molecular formula is C19H27IN4O. The quantitative estimate of drug-likeness (QED) is 0.278. The normalized spacial score (nSPS) is 10.9. The van der Waals surface area contributed by atoms with Gasteiger partial charge in [-0.1, -0.05) is 36.4 Å². The third-order valence-electron chi connectivity index (χ3n) is 3.50. The Morgan fingerprint density at radius 2 is 1.92 bits per heavy atom. The van der Waals surface area contributed by atoms with E-state index < -0.39 is 0 Å². The molecule has 0 atom stereocenters. The fourth-order valence-corrected chi connectivity index (χ4v) is 2.19. The highest BCUT2D eigenvalue weighted by molar-refractivity contribution is 14.0. The van der Waals surface area contributed by atoms with Crippen LogP contribution in [0.5, 0.6) is 0 Å². The van der Waals surface area contributed by atoms with Crippen molar-refractivity contribution in [1.82, 2.24) is 15.6 Å². The van der Waals surface area contributed by atoms with E-state index in [0.717, 1.165) is 23.8 Å². The standard InChI is InChI=1S/C19H26N4O.HI/c1-3-20-19(23-14-18-16(2)8-7-11-21-18)22-12-13-24-15-17-9-5-4-6-10-17;/h4-11H,3,12-15H2,1-2H3,(H2,20,22,23);1H. The molecule has 0 aliphatic rings. The molecule has 0 bridgehead atoms. The number of hydrogen-bond donors (Lipinski definition) is 2. The van der Waals surface area contributed by atoms with E-state index in [0.29, 0.717) is 26.3 Å². The first-order valence-corrected chi connectivity index (χ1v) is 8.34. The number of nitrogens with zero attached hydrogens (tertiary/aromatic N) is 2. The summed E-state index contributed by atoms with van der Waals surface area (Å²) in [6.45, 7) is 7.45. The first-order chi connectivity index (χ1) is 11.8. The fraction of sp³-hybridized carbons (Fsp3) is 0.368.